The van der Waals surface area contributed by atoms with Crippen LogP contribution in [0, 0.1) is 0 Å². The van der Waals surface area contributed by atoms with Gasteiger partial charge in [0, 0.05) is 30.8 Å². The summed E-state index contributed by atoms with van der Waals surface area (Å²) in [6.07, 6.45) is 2.48. The van der Waals surface area contributed by atoms with E-state index in [4.69, 9.17) is 4.74 Å². The highest BCUT2D eigenvalue weighted by molar-refractivity contribution is 5.62. The maximum absolute atomic E-state index is 5.73. The van der Waals surface area contributed by atoms with Crippen LogP contribution >= 0.6 is 0 Å². The molecule has 3 rings (SSSR count). The van der Waals surface area contributed by atoms with E-state index in [1.165, 1.54) is 24.1 Å². The minimum absolute atomic E-state index is 0.283. The van der Waals surface area contributed by atoms with Gasteiger partial charge in [0.15, 0.2) is 0 Å². The Morgan fingerprint density at radius 2 is 2.25 bits per heavy atom. The Morgan fingerprint density at radius 3 is 3.00 bits per heavy atom. The summed E-state index contributed by atoms with van der Waals surface area (Å²) in [5.41, 5.74) is 3.22. The van der Waals surface area contributed by atoms with Crippen molar-refractivity contribution in [2.45, 2.75) is 25.2 Å². The minimum Gasteiger partial charge on any atom is -0.380 e. The zero-order valence-corrected chi connectivity index (χ0v) is 9.91. The smallest absolute Gasteiger partial charge is 0.0580 e. The third-order valence-electron chi connectivity index (χ3n) is 4.01. The topological polar surface area (TPSA) is 12.5 Å². The van der Waals surface area contributed by atoms with Gasteiger partial charge >= 0.3 is 0 Å². The van der Waals surface area contributed by atoms with E-state index < -0.39 is 0 Å². The van der Waals surface area contributed by atoms with Crippen molar-refractivity contribution in [2.24, 2.45) is 0 Å². The molecule has 2 heteroatoms. The van der Waals surface area contributed by atoms with Gasteiger partial charge in [0.05, 0.1) is 6.61 Å². The van der Waals surface area contributed by atoms with Crippen LogP contribution in [0.3, 0.4) is 0 Å². The Morgan fingerprint density at radius 1 is 1.38 bits per heavy atom. The zero-order valence-electron chi connectivity index (χ0n) is 9.91. The van der Waals surface area contributed by atoms with E-state index in [2.05, 4.69) is 36.1 Å². The molecule has 86 valence electrons. The summed E-state index contributed by atoms with van der Waals surface area (Å²) >= 11 is 0. The van der Waals surface area contributed by atoms with Gasteiger partial charge in [0.25, 0.3) is 0 Å². The summed E-state index contributed by atoms with van der Waals surface area (Å²) < 4.78 is 5.73. The molecule has 1 atom stereocenters. The molecule has 0 N–H and O–H groups in total. The van der Waals surface area contributed by atoms with Crippen LogP contribution in [0.2, 0.25) is 0 Å². The van der Waals surface area contributed by atoms with Crippen molar-refractivity contribution in [1.82, 2.24) is 0 Å². The van der Waals surface area contributed by atoms with Gasteiger partial charge in [0.2, 0.25) is 0 Å². The quantitative estimate of drug-likeness (QED) is 0.717. The third kappa shape index (κ3) is 1.36. The molecule has 2 heterocycles. The van der Waals surface area contributed by atoms with E-state index in [1.54, 1.807) is 0 Å². The normalized spacial score (nSPS) is 28.4. The Balaban J connectivity index is 2.04. The number of fused-ring (bicyclic) bond motifs is 2. The summed E-state index contributed by atoms with van der Waals surface area (Å²) in [5, 5.41) is 0. The highest BCUT2D eigenvalue weighted by Gasteiger charge is 2.43. The molecule has 2 aliphatic heterocycles. The van der Waals surface area contributed by atoms with E-state index in [1.807, 2.05) is 0 Å². The van der Waals surface area contributed by atoms with E-state index in [9.17, 15) is 0 Å². The predicted octanol–water partition coefficient (Wildman–Crippen LogP) is 2.57. The summed E-state index contributed by atoms with van der Waals surface area (Å²) in [4.78, 5) is 2.49. The number of ether oxygens (including phenoxy) is 1. The number of likely N-dealkylation sites (N-methyl/N-ethyl adjacent to an activating group) is 1. The van der Waals surface area contributed by atoms with E-state index in [0.29, 0.717) is 0 Å². The molecule has 0 amide bonds. The first-order valence-corrected chi connectivity index (χ1v) is 6.28. The number of nitrogens with zero attached hydrogens (tertiary/aromatic N) is 1. The molecule has 1 unspecified atom stereocenters. The second kappa shape index (κ2) is 3.77. The van der Waals surface area contributed by atoms with Crippen LogP contribution in [0.1, 0.15) is 25.3 Å². The molecule has 2 nitrogen and oxygen atoms in total. The molecule has 0 aliphatic carbocycles. The van der Waals surface area contributed by atoms with Crippen molar-refractivity contribution in [2.75, 3.05) is 31.2 Å². The highest BCUT2D eigenvalue weighted by atomic mass is 16.5. The van der Waals surface area contributed by atoms with Gasteiger partial charge in [-0.15, -0.1) is 0 Å². The maximum atomic E-state index is 5.73. The van der Waals surface area contributed by atoms with Crippen molar-refractivity contribution in [3.63, 3.8) is 0 Å². The lowest BCUT2D eigenvalue weighted by Crippen LogP contribution is -2.40. The van der Waals surface area contributed by atoms with E-state index >= 15 is 0 Å². The van der Waals surface area contributed by atoms with Crippen molar-refractivity contribution in [3.05, 3.63) is 29.8 Å². The largest absolute Gasteiger partial charge is 0.380 e. The van der Waals surface area contributed by atoms with Crippen LogP contribution in [0.4, 0.5) is 5.69 Å². The van der Waals surface area contributed by atoms with Crippen LogP contribution in [0.15, 0.2) is 24.3 Å². The molecule has 2 aliphatic rings. The van der Waals surface area contributed by atoms with E-state index in [0.717, 1.165) is 26.3 Å². The van der Waals surface area contributed by atoms with Gasteiger partial charge in [-0.1, -0.05) is 18.2 Å². The highest BCUT2D eigenvalue weighted by Crippen LogP contribution is 2.44. The van der Waals surface area contributed by atoms with Crippen molar-refractivity contribution < 1.29 is 4.74 Å². The van der Waals surface area contributed by atoms with Gasteiger partial charge in [-0.05, 0) is 31.4 Å². The lowest BCUT2D eigenvalue weighted by atomic mass is 9.78. The number of para-hydroxylation sites is 1. The monoisotopic (exact) mass is 217 g/mol. The molecule has 0 radical (unpaired) electrons. The van der Waals surface area contributed by atoms with Crippen molar-refractivity contribution in [1.29, 1.82) is 0 Å². The van der Waals surface area contributed by atoms with Crippen LogP contribution in [-0.2, 0) is 10.2 Å². The number of hydrogen-bond acceptors (Lipinski definition) is 2. The Labute approximate surface area is 97.2 Å². The van der Waals surface area contributed by atoms with Gasteiger partial charge in [-0.25, -0.2) is 0 Å². The first-order valence-electron chi connectivity index (χ1n) is 6.28. The molecule has 1 aromatic rings. The van der Waals surface area contributed by atoms with Gasteiger partial charge in [-0.2, -0.15) is 0 Å². The predicted molar refractivity (Wildman–Crippen MR) is 66.1 cm³/mol. The second-order valence-electron chi connectivity index (χ2n) is 4.97. The lowest BCUT2D eigenvalue weighted by Gasteiger charge is -2.34. The molecule has 1 saturated heterocycles. The van der Waals surface area contributed by atoms with Crippen LogP contribution in [0.25, 0.3) is 0 Å². The number of benzene rings is 1. The van der Waals surface area contributed by atoms with Gasteiger partial charge in [-0.3, -0.25) is 0 Å². The standard InChI is InChI=1S/C14H19NO/c1-2-15-10-14(8-5-9-16-11-14)12-6-3-4-7-13(12)15/h3-4,6-7H,2,5,8-11H2,1H3. The fraction of sp³-hybridized carbons (Fsp3) is 0.571. The lowest BCUT2D eigenvalue weighted by molar-refractivity contribution is 0.0407. The first-order chi connectivity index (χ1) is 7.86. The molecule has 1 fully saturated rings. The zero-order chi connectivity index (χ0) is 11.0. The van der Waals surface area contributed by atoms with Crippen LogP contribution in [0.5, 0.6) is 0 Å². The van der Waals surface area contributed by atoms with Crippen LogP contribution in [-0.4, -0.2) is 26.3 Å². The number of anilines is 1. The number of hydrogen-bond donors (Lipinski definition) is 0. The third-order valence-corrected chi connectivity index (χ3v) is 4.01. The molecule has 16 heavy (non-hydrogen) atoms. The first kappa shape index (κ1) is 10.2. The Bertz CT molecular complexity index is 382. The fourth-order valence-corrected chi connectivity index (χ4v) is 3.21. The molecule has 1 spiro atoms. The van der Waals surface area contributed by atoms with Gasteiger partial charge in [0.1, 0.15) is 0 Å². The molecular weight excluding hydrogens is 198 g/mol. The fourth-order valence-electron chi connectivity index (χ4n) is 3.21. The summed E-state index contributed by atoms with van der Waals surface area (Å²) in [6.45, 7) is 6.32. The SMILES string of the molecule is CCN1CC2(CCCOC2)c2ccccc21. The molecule has 0 aromatic heterocycles. The molecule has 0 saturated carbocycles. The summed E-state index contributed by atoms with van der Waals surface area (Å²) in [5.74, 6) is 0. The summed E-state index contributed by atoms with van der Waals surface area (Å²) in [7, 11) is 0. The van der Waals surface area contributed by atoms with E-state index in [-0.39, 0.29) is 5.41 Å². The molecular formula is C14H19NO. The second-order valence-corrected chi connectivity index (χ2v) is 4.97. The molecule has 0 bridgehead atoms. The van der Waals surface area contributed by atoms with Gasteiger partial charge < -0.3 is 9.64 Å². The minimum atomic E-state index is 0.283. The molecule has 1 aromatic carbocycles. The number of rotatable bonds is 1. The maximum Gasteiger partial charge on any atom is 0.0580 e. The Kier molecular flexibility index (Phi) is 2.40. The van der Waals surface area contributed by atoms with Crippen molar-refractivity contribution in [3.8, 4) is 0 Å². The van der Waals surface area contributed by atoms with Crippen LogP contribution < -0.4 is 4.90 Å². The average molecular weight is 217 g/mol. The summed E-state index contributed by atoms with van der Waals surface area (Å²) in [6, 6.07) is 8.85. The average Bonchev–Trinajstić information content (AvgIpc) is 2.66. The Hall–Kier alpha value is -1.02. The van der Waals surface area contributed by atoms with Crippen molar-refractivity contribution >= 4 is 5.69 Å².